The Labute approximate surface area is 134 Å². The van der Waals surface area contributed by atoms with E-state index in [1.54, 1.807) is 12.1 Å². The molecule has 0 radical (unpaired) electrons. The van der Waals surface area contributed by atoms with Crippen LogP contribution >= 0.6 is 11.3 Å². The van der Waals surface area contributed by atoms with Crippen LogP contribution in [0.2, 0.25) is 0 Å². The van der Waals surface area contributed by atoms with Gasteiger partial charge in [0.2, 0.25) is 0 Å². The van der Waals surface area contributed by atoms with Gasteiger partial charge in [-0.3, -0.25) is 4.79 Å². The lowest BCUT2D eigenvalue weighted by Crippen LogP contribution is -2.57. The fraction of sp³-hybridized carbons (Fsp3) is 0.643. The second kappa shape index (κ2) is 6.27. The highest BCUT2D eigenvalue weighted by Crippen LogP contribution is 2.38. The van der Waals surface area contributed by atoms with Gasteiger partial charge >= 0.3 is 5.97 Å². The number of carboxylic acid groups (broad SMARTS) is 1. The van der Waals surface area contributed by atoms with Gasteiger partial charge in [0.1, 0.15) is 9.62 Å². The van der Waals surface area contributed by atoms with Crippen molar-refractivity contribution >= 4 is 27.3 Å². The zero-order valence-electron chi connectivity index (χ0n) is 12.7. The molecule has 0 unspecified atom stereocenters. The highest BCUT2D eigenvalue weighted by molar-refractivity contribution is 7.91. The summed E-state index contributed by atoms with van der Waals surface area (Å²) in [6, 6.07) is 3.27. The molecule has 0 aromatic carbocycles. The third-order valence-corrected chi connectivity index (χ3v) is 7.49. The van der Waals surface area contributed by atoms with E-state index in [-0.39, 0.29) is 30.1 Å². The third-order valence-electron chi connectivity index (χ3n) is 4.18. The maximum atomic E-state index is 12.7. The molecule has 6 nitrogen and oxygen atoms in total. The molecular formula is C14H21NO5S2. The molecule has 0 bridgehead atoms. The zero-order valence-corrected chi connectivity index (χ0v) is 14.3. The summed E-state index contributed by atoms with van der Waals surface area (Å²) >= 11 is 1.17. The first-order valence-electron chi connectivity index (χ1n) is 7.22. The summed E-state index contributed by atoms with van der Waals surface area (Å²) in [7, 11) is -3.71. The van der Waals surface area contributed by atoms with E-state index in [0.29, 0.717) is 6.42 Å². The van der Waals surface area contributed by atoms with Gasteiger partial charge in [0, 0.05) is 18.0 Å². The quantitative estimate of drug-likeness (QED) is 0.845. The minimum atomic E-state index is -3.71. The number of thiophene rings is 1. The lowest BCUT2D eigenvalue weighted by molar-refractivity contribution is -0.161. The molecule has 1 aromatic heterocycles. The highest BCUT2D eigenvalue weighted by atomic mass is 32.2. The SMILES string of the molecule is CCC[C@]1(C(=O)O)CN(S(=O)(=O)c2ccc(C)s2)CC[C@H]1O. The van der Waals surface area contributed by atoms with Crippen LogP contribution in [0.15, 0.2) is 16.3 Å². The van der Waals surface area contributed by atoms with Crippen LogP contribution in [0.1, 0.15) is 31.1 Å². The fourth-order valence-corrected chi connectivity index (χ4v) is 5.90. The van der Waals surface area contributed by atoms with Crippen LogP contribution in [-0.2, 0) is 14.8 Å². The Balaban J connectivity index is 2.36. The molecule has 1 aromatic rings. The van der Waals surface area contributed by atoms with Gasteiger partial charge in [0.15, 0.2) is 0 Å². The zero-order chi connectivity index (χ0) is 16.5. The Morgan fingerprint density at radius 1 is 1.50 bits per heavy atom. The van der Waals surface area contributed by atoms with Crippen molar-refractivity contribution in [1.29, 1.82) is 0 Å². The summed E-state index contributed by atoms with van der Waals surface area (Å²) in [6.07, 6.45) is -0.0778. The first-order valence-corrected chi connectivity index (χ1v) is 9.48. The largest absolute Gasteiger partial charge is 0.481 e. The van der Waals surface area contributed by atoms with Crippen molar-refractivity contribution in [3.05, 3.63) is 17.0 Å². The number of nitrogens with zero attached hydrogens (tertiary/aromatic N) is 1. The number of aliphatic hydroxyl groups is 1. The van der Waals surface area contributed by atoms with Gasteiger partial charge in [-0.25, -0.2) is 8.42 Å². The molecule has 1 aliphatic rings. The Morgan fingerprint density at radius 3 is 2.68 bits per heavy atom. The predicted octanol–water partition coefficient (Wildman–Crippen LogP) is 1.68. The summed E-state index contributed by atoms with van der Waals surface area (Å²) in [5.41, 5.74) is -1.42. The minimum Gasteiger partial charge on any atom is -0.481 e. The number of piperidine rings is 1. The first-order chi connectivity index (χ1) is 10.2. The standard InChI is InChI=1S/C14H21NO5S2/c1-3-7-14(13(17)18)9-15(8-6-11(14)16)22(19,20)12-5-4-10(2)21-12/h4-5,11,16H,3,6-9H2,1-2H3,(H,17,18)/t11-,14+/m1/s1. The number of carbonyl (C=O) groups is 1. The molecule has 2 rings (SSSR count). The lowest BCUT2D eigenvalue weighted by atomic mass is 9.74. The molecule has 1 fully saturated rings. The van der Waals surface area contributed by atoms with Gasteiger partial charge in [-0.1, -0.05) is 13.3 Å². The van der Waals surface area contributed by atoms with E-state index in [0.717, 1.165) is 4.88 Å². The van der Waals surface area contributed by atoms with Gasteiger partial charge < -0.3 is 10.2 Å². The Bertz CT molecular complexity index is 654. The molecule has 8 heteroatoms. The second-order valence-electron chi connectivity index (χ2n) is 5.72. The molecule has 0 spiro atoms. The first kappa shape index (κ1) is 17.4. The summed E-state index contributed by atoms with van der Waals surface area (Å²) in [6.45, 7) is 3.60. The normalized spacial score (nSPS) is 27.0. The fourth-order valence-electron chi connectivity index (χ4n) is 2.93. The number of aryl methyl sites for hydroxylation is 1. The van der Waals surface area contributed by atoms with E-state index in [9.17, 15) is 23.4 Å². The molecule has 22 heavy (non-hydrogen) atoms. The smallest absolute Gasteiger partial charge is 0.313 e. The molecule has 2 heterocycles. The number of aliphatic carboxylic acids is 1. The van der Waals surface area contributed by atoms with E-state index in [1.807, 2.05) is 13.8 Å². The maximum absolute atomic E-state index is 12.7. The van der Waals surface area contributed by atoms with Crippen LogP contribution in [-0.4, -0.2) is 48.1 Å². The molecule has 124 valence electrons. The number of hydrogen-bond acceptors (Lipinski definition) is 5. The van der Waals surface area contributed by atoms with Crippen LogP contribution in [0.3, 0.4) is 0 Å². The molecule has 1 saturated heterocycles. The molecule has 2 N–H and O–H groups in total. The van der Waals surface area contributed by atoms with Crippen LogP contribution in [0.5, 0.6) is 0 Å². The number of aliphatic hydroxyl groups excluding tert-OH is 1. The number of carboxylic acids is 1. The lowest BCUT2D eigenvalue weighted by Gasteiger charge is -2.42. The molecule has 0 saturated carbocycles. The molecule has 0 amide bonds. The van der Waals surface area contributed by atoms with Crippen molar-refractivity contribution in [2.45, 2.75) is 43.4 Å². The second-order valence-corrected chi connectivity index (χ2v) is 9.17. The third kappa shape index (κ3) is 2.92. The van der Waals surface area contributed by atoms with Crippen LogP contribution in [0.25, 0.3) is 0 Å². The van der Waals surface area contributed by atoms with Gasteiger partial charge in [0.05, 0.1) is 6.10 Å². The molecule has 0 aliphatic carbocycles. The average Bonchev–Trinajstić information content (AvgIpc) is 2.88. The topological polar surface area (TPSA) is 94.9 Å². The Hall–Kier alpha value is -0.960. The van der Waals surface area contributed by atoms with Crippen molar-refractivity contribution in [2.75, 3.05) is 13.1 Å². The van der Waals surface area contributed by atoms with Gasteiger partial charge in [0.25, 0.3) is 10.0 Å². The van der Waals surface area contributed by atoms with E-state index in [4.69, 9.17) is 0 Å². The van der Waals surface area contributed by atoms with Crippen molar-refractivity contribution in [1.82, 2.24) is 4.31 Å². The van der Waals surface area contributed by atoms with Gasteiger partial charge in [-0.15, -0.1) is 11.3 Å². The van der Waals surface area contributed by atoms with Crippen LogP contribution in [0.4, 0.5) is 0 Å². The highest BCUT2D eigenvalue weighted by Gasteiger charge is 2.51. The molecule has 1 aliphatic heterocycles. The van der Waals surface area contributed by atoms with E-state index < -0.39 is 27.5 Å². The van der Waals surface area contributed by atoms with E-state index >= 15 is 0 Å². The van der Waals surface area contributed by atoms with Crippen molar-refractivity contribution in [2.24, 2.45) is 5.41 Å². The number of hydrogen-bond donors (Lipinski definition) is 2. The van der Waals surface area contributed by atoms with Crippen LogP contribution in [0, 0.1) is 12.3 Å². The monoisotopic (exact) mass is 347 g/mol. The Morgan fingerprint density at radius 2 is 2.18 bits per heavy atom. The number of rotatable bonds is 5. The van der Waals surface area contributed by atoms with Crippen molar-refractivity contribution < 1.29 is 23.4 Å². The summed E-state index contributed by atoms with van der Waals surface area (Å²) < 4.78 is 26.8. The summed E-state index contributed by atoms with van der Waals surface area (Å²) in [4.78, 5) is 12.6. The number of sulfonamides is 1. The van der Waals surface area contributed by atoms with Crippen molar-refractivity contribution in [3.8, 4) is 0 Å². The maximum Gasteiger partial charge on any atom is 0.313 e. The minimum absolute atomic E-state index is 0.135. The molecule has 2 atom stereocenters. The Kier molecular flexibility index (Phi) is 4.96. The van der Waals surface area contributed by atoms with E-state index in [1.165, 1.54) is 15.6 Å². The van der Waals surface area contributed by atoms with E-state index in [2.05, 4.69) is 0 Å². The predicted molar refractivity (Wildman–Crippen MR) is 83.4 cm³/mol. The van der Waals surface area contributed by atoms with Gasteiger partial charge in [-0.2, -0.15) is 4.31 Å². The average molecular weight is 347 g/mol. The van der Waals surface area contributed by atoms with Gasteiger partial charge in [-0.05, 0) is 31.9 Å². The summed E-state index contributed by atoms with van der Waals surface area (Å²) in [5, 5.41) is 19.7. The van der Waals surface area contributed by atoms with Crippen LogP contribution < -0.4 is 0 Å². The van der Waals surface area contributed by atoms with Crippen molar-refractivity contribution in [3.63, 3.8) is 0 Å². The molecular weight excluding hydrogens is 326 g/mol. The summed E-state index contributed by atoms with van der Waals surface area (Å²) in [5.74, 6) is -1.14.